The van der Waals surface area contributed by atoms with Crippen molar-refractivity contribution in [3.05, 3.63) is 16.5 Å². The van der Waals surface area contributed by atoms with Crippen molar-refractivity contribution in [1.82, 2.24) is 5.32 Å². The molecule has 110 valence electrons. The molecule has 1 unspecified atom stereocenters. The molecule has 1 atom stereocenters. The summed E-state index contributed by atoms with van der Waals surface area (Å²) in [6.45, 7) is 3.76. The molecule has 0 saturated heterocycles. The Hall–Kier alpha value is -1.40. The summed E-state index contributed by atoms with van der Waals surface area (Å²) in [5.74, 6) is 0.0477. The van der Waals surface area contributed by atoms with Gasteiger partial charge in [0.15, 0.2) is 0 Å². The third-order valence-corrected chi connectivity index (χ3v) is 4.41. The van der Waals surface area contributed by atoms with Crippen molar-refractivity contribution in [3.8, 4) is 0 Å². The molecule has 1 heterocycles. The second-order valence-electron chi connectivity index (χ2n) is 5.27. The summed E-state index contributed by atoms with van der Waals surface area (Å²) in [6.07, 6.45) is 2.45. The van der Waals surface area contributed by atoms with Crippen LogP contribution >= 0.6 is 11.3 Å². The fourth-order valence-electron chi connectivity index (χ4n) is 1.89. The lowest BCUT2D eigenvalue weighted by atomic mass is 10.2. The molecule has 0 aromatic carbocycles. The van der Waals surface area contributed by atoms with E-state index in [9.17, 15) is 9.59 Å². The van der Waals surface area contributed by atoms with E-state index in [-0.39, 0.29) is 30.4 Å². The molecule has 1 aliphatic carbocycles. The minimum absolute atomic E-state index is 0.0480. The number of carbonyl (C=O) groups excluding carboxylic acids is 2. The van der Waals surface area contributed by atoms with Crippen molar-refractivity contribution in [2.75, 3.05) is 11.9 Å². The molecule has 2 amide bonds. The second-order valence-corrected chi connectivity index (χ2v) is 6.33. The van der Waals surface area contributed by atoms with Crippen LogP contribution in [0.25, 0.3) is 0 Å². The Morgan fingerprint density at radius 1 is 1.50 bits per heavy atom. The molecule has 1 aromatic rings. The summed E-state index contributed by atoms with van der Waals surface area (Å²) in [4.78, 5) is 24.4. The molecule has 0 aliphatic heterocycles. The number of aliphatic hydroxyl groups is 1. The standard InChI is InChI=1S/C14H20N2O3S/c1-8-7-11(16-13(18)10-3-4-10)20-12(8)14(19)15-9(2)5-6-17/h7,9-10,17H,3-6H2,1-2H3,(H,15,19)(H,16,18). The first-order valence-electron chi connectivity index (χ1n) is 6.84. The summed E-state index contributed by atoms with van der Waals surface area (Å²) < 4.78 is 0. The van der Waals surface area contributed by atoms with Crippen LogP contribution in [0.1, 0.15) is 41.4 Å². The van der Waals surface area contributed by atoms with E-state index in [1.807, 2.05) is 19.9 Å². The van der Waals surface area contributed by atoms with E-state index in [1.165, 1.54) is 11.3 Å². The molecule has 0 radical (unpaired) electrons. The van der Waals surface area contributed by atoms with Crippen LogP contribution in [0.5, 0.6) is 0 Å². The molecule has 1 aliphatic rings. The largest absolute Gasteiger partial charge is 0.396 e. The Bertz CT molecular complexity index is 509. The quantitative estimate of drug-likeness (QED) is 0.750. The number of carbonyl (C=O) groups is 2. The zero-order chi connectivity index (χ0) is 14.7. The molecule has 6 heteroatoms. The number of aliphatic hydroxyl groups excluding tert-OH is 1. The minimum atomic E-state index is -0.152. The highest BCUT2D eigenvalue weighted by Gasteiger charge is 2.30. The number of rotatable bonds is 6. The lowest BCUT2D eigenvalue weighted by Gasteiger charge is -2.11. The van der Waals surface area contributed by atoms with Gasteiger partial charge in [-0.3, -0.25) is 9.59 Å². The highest BCUT2D eigenvalue weighted by Crippen LogP contribution is 2.32. The first kappa shape index (κ1) is 15.0. The van der Waals surface area contributed by atoms with Crippen LogP contribution in [0, 0.1) is 12.8 Å². The molecular weight excluding hydrogens is 276 g/mol. The van der Waals surface area contributed by atoms with E-state index in [2.05, 4.69) is 10.6 Å². The molecule has 3 N–H and O–H groups in total. The van der Waals surface area contributed by atoms with Gasteiger partial charge in [0, 0.05) is 18.6 Å². The average Bonchev–Trinajstić information content (AvgIpc) is 3.14. The van der Waals surface area contributed by atoms with Gasteiger partial charge in [-0.2, -0.15) is 0 Å². The first-order valence-corrected chi connectivity index (χ1v) is 7.66. The maximum Gasteiger partial charge on any atom is 0.261 e. The van der Waals surface area contributed by atoms with E-state index < -0.39 is 0 Å². The van der Waals surface area contributed by atoms with Gasteiger partial charge in [0.1, 0.15) is 0 Å². The Kier molecular flexibility index (Phi) is 4.77. The van der Waals surface area contributed by atoms with Gasteiger partial charge >= 0.3 is 0 Å². The molecule has 5 nitrogen and oxygen atoms in total. The van der Waals surface area contributed by atoms with Crippen molar-refractivity contribution < 1.29 is 14.7 Å². The zero-order valence-corrected chi connectivity index (χ0v) is 12.5. The fourth-order valence-corrected chi connectivity index (χ4v) is 2.87. The van der Waals surface area contributed by atoms with Crippen LogP contribution in [-0.2, 0) is 4.79 Å². The predicted octanol–water partition coefficient (Wildman–Crippen LogP) is 1.91. The predicted molar refractivity (Wildman–Crippen MR) is 79.0 cm³/mol. The van der Waals surface area contributed by atoms with Gasteiger partial charge in [-0.1, -0.05) is 0 Å². The lowest BCUT2D eigenvalue weighted by Crippen LogP contribution is -2.32. The molecule has 1 fully saturated rings. The van der Waals surface area contributed by atoms with E-state index in [0.717, 1.165) is 23.4 Å². The Balaban J connectivity index is 1.98. The zero-order valence-electron chi connectivity index (χ0n) is 11.7. The van der Waals surface area contributed by atoms with Crippen molar-refractivity contribution >= 4 is 28.2 Å². The number of nitrogens with one attached hydrogen (secondary N) is 2. The Morgan fingerprint density at radius 2 is 2.20 bits per heavy atom. The number of thiophene rings is 1. The van der Waals surface area contributed by atoms with Crippen LogP contribution in [0.3, 0.4) is 0 Å². The van der Waals surface area contributed by atoms with Gasteiger partial charge in [-0.25, -0.2) is 0 Å². The summed E-state index contributed by atoms with van der Waals surface area (Å²) in [7, 11) is 0. The van der Waals surface area contributed by atoms with Gasteiger partial charge < -0.3 is 15.7 Å². The topological polar surface area (TPSA) is 78.4 Å². The number of amides is 2. The average molecular weight is 296 g/mol. The molecule has 1 saturated carbocycles. The summed E-state index contributed by atoms with van der Waals surface area (Å²) in [5, 5.41) is 15.3. The summed E-state index contributed by atoms with van der Waals surface area (Å²) in [6, 6.07) is 1.76. The monoisotopic (exact) mass is 296 g/mol. The smallest absolute Gasteiger partial charge is 0.261 e. The van der Waals surface area contributed by atoms with Gasteiger partial charge in [0.2, 0.25) is 5.91 Å². The van der Waals surface area contributed by atoms with Crippen LogP contribution in [-0.4, -0.2) is 29.6 Å². The SMILES string of the molecule is Cc1cc(NC(=O)C2CC2)sc1C(=O)NC(C)CCO. The fraction of sp³-hybridized carbons (Fsp3) is 0.571. The first-order chi connectivity index (χ1) is 9.51. The maximum absolute atomic E-state index is 12.1. The van der Waals surface area contributed by atoms with Gasteiger partial charge in [-0.15, -0.1) is 11.3 Å². The van der Waals surface area contributed by atoms with Crippen LogP contribution in [0.2, 0.25) is 0 Å². The number of hydrogen-bond acceptors (Lipinski definition) is 4. The lowest BCUT2D eigenvalue weighted by molar-refractivity contribution is -0.117. The number of anilines is 1. The van der Waals surface area contributed by atoms with Gasteiger partial charge in [-0.05, 0) is 44.7 Å². The third kappa shape index (κ3) is 3.80. The highest BCUT2D eigenvalue weighted by atomic mass is 32.1. The van der Waals surface area contributed by atoms with Crippen molar-refractivity contribution in [1.29, 1.82) is 0 Å². The van der Waals surface area contributed by atoms with Crippen LogP contribution in [0.15, 0.2) is 6.07 Å². The summed E-state index contributed by atoms with van der Waals surface area (Å²) >= 11 is 1.29. The van der Waals surface area contributed by atoms with Crippen molar-refractivity contribution in [3.63, 3.8) is 0 Å². The van der Waals surface area contributed by atoms with Crippen molar-refractivity contribution in [2.24, 2.45) is 5.92 Å². The third-order valence-electron chi connectivity index (χ3n) is 3.26. The maximum atomic E-state index is 12.1. The normalized spacial score (nSPS) is 15.8. The van der Waals surface area contributed by atoms with Crippen LogP contribution in [0.4, 0.5) is 5.00 Å². The Morgan fingerprint density at radius 3 is 2.80 bits per heavy atom. The molecule has 1 aromatic heterocycles. The molecular formula is C14H20N2O3S. The van der Waals surface area contributed by atoms with E-state index in [0.29, 0.717) is 11.3 Å². The van der Waals surface area contributed by atoms with E-state index in [1.54, 1.807) is 0 Å². The minimum Gasteiger partial charge on any atom is -0.396 e. The summed E-state index contributed by atoms with van der Waals surface area (Å²) in [5.41, 5.74) is 0.856. The number of hydrogen-bond donors (Lipinski definition) is 3. The van der Waals surface area contributed by atoms with Gasteiger partial charge in [0.25, 0.3) is 5.91 Å². The van der Waals surface area contributed by atoms with Gasteiger partial charge in [0.05, 0.1) is 9.88 Å². The molecule has 0 bridgehead atoms. The van der Waals surface area contributed by atoms with E-state index in [4.69, 9.17) is 5.11 Å². The highest BCUT2D eigenvalue weighted by molar-refractivity contribution is 7.18. The molecule has 2 rings (SSSR count). The second kappa shape index (κ2) is 6.37. The molecule has 0 spiro atoms. The molecule has 20 heavy (non-hydrogen) atoms. The van der Waals surface area contributed by atoms with Crippen molar-refractivity contribution in [2.45, 2.75) is 39.2 Å². The Labute approximate surface area is 122 Å². The van der Waals surface area contributed by atoms with E-state index >= 15 is 0 Å². The number of aryl methyl sites for hydroxylation is 1. The van der Waals surface area contributed by atoms with Crippen LogP contribution < -0.4 is 10.6 Å².